The van der Waals surface area contributed by atoms with Crippen molar-refractivity contribution in [1.82, 2.24) is 24.1 Å². The Kier molecular flexibility index (Phi) is 6.75. The van der Waals surface area contributed by atoms with Gasteiger partial charge in [0, 0.05) is 54.8 Å². The molecule has 0 aliphatic heterocycles. The van der Waals surface area contributed by atoms with Crippen molar-refractivity contribution in [3.8, 4) is 56.7 Å². The lowest BCUT2D eigenvalue weighted by molar-refractivity contribution is 0.669. The van der Waals surface area contributed by atoms with E-state index in [1.165, 1.54) is 10.8 Å². The Balaban J connectivity index is 1.09. The zero-order valence-electron chi connectivity index (χ0n) is 38.5. The van der Waals surface area contributed by atoms with Crippen LogP contribution in [0.5, 0.6) is 0 Å². The fourth-order valence-corrected chi connectivity index (χ4v) is 9.24. The van der Waals surface area contributed by atoms with E-state index in [1.54, 1.807) is 12.1 Å². The smallest absolute Gasteiger partial charge is 0.167 e. The third-order valence-electron chi connectivity index (χ3n) is 12.0. The maximum absolute atomic E-state index is 8.82. The average molecular weight is 811 g/mol. The topological polar surface area (TPSA) is 61.7 Å². The largest absolute Gasteiger partial charge is 0.455 e. The highest BCUT2D eigenvalue weighted by Crippen LogP contribution is 2.42. The van der Waals surface area contributed by atoms with Crippen LogP contribution < -0.4 is 0 Å². The Labute approximate surface area is 368 Å². The lowest BCUT2D eigenvalue weighted by Crippen LogP contribution is -2.02. The third-order valence-corrected chi connectivity index (χ3v) is 12.0. The normalized spacial score (nSPS) is 12.9. The third kappa shape index (κ3) is 5.62. The first-order valence-corrected chi connectivity index (χ1v) is 20.8. The van der Waals surface area contributed by atoms with Crippen LogP contribution in [-0.2, 0) is 0 Å². The predicted molar refractivity (Wildman–Crippen MR) is 258 cm³/mol. The number of nitrogens with zero attached hydrogens (tertiary/aromatic N) is 5. The van der Waals surface area contributed by atoms with E-state index in [-0.39, 0.29) is 17.6 Å². The minimum atomic E-state index is -0.441. The molecule has 13 aromatic rings. The number of fused-ring (bicyclic) bond motifs is 9. The van der Waals surface area contributed by atoms with E-state index >= 15 is 0 Å². The molecule has 6 nitrogen and oxygen atoms in total. The van der Waals surface area contributed by atoms with E-state index in [9.17, 15) is 0 Å². The van der Waals surface area contributed by atoms with Gasteiger partial charge in [-0.3, -0.25) is 0 Å². The number of aromatic nitrogens is 5. The first kappa shape index (κ1) is 30.4. The number of furan rings is 1. The van der Waals surface area contributed by atoms with E-state index in [0.29, 0.717) is 45.2 Å². The Bertz CT molecular complexity index is 4100. The second kappa shape index (κ2) is 14.0. The van der Waals surface area contributed by atoms with Gasteiger partial charge in [0.2, 0.25) is 0 Å². The zero-order chi connectivity index (χ0) is 45.8. The second-order valence-corrected chi connectivity index (χ2v) is 15.6. The van der Waals surface area contributed by atoms with Gasteiger partial charge in [-0.15, -0.1) is 0 Å². The summed E-state index contributed by atoms with van der Waals surface area (Å²) in [7, 11) is 0. The van der Waals surface area contributed by atoms with Crippen LogP contribution in [0.1, 0.15) is 6.85 Å². The number of rotatable bonds is 6. The average Bonchev–Trinajstić information content (AvgIpc) is 4.05. The molecule has 0 atom stereocenters. The van der Waals surface area contributed by atoms with Crippen LogP contribution >= 0.6 is 0 Å². The molecule has 0 aliphatic rings. The molecule has 294 valence electrons. The van der Waals surface area contributed by atoms with Crippen molar-refractivity contribution in [2.45, 2.75) is 0 Å². The zero-order valence-corrected chi connectivity index (χ0v) is 33.5. The van der Waals surface area contributed by atoms with Crippen molar-refractivity contribution in [1.29, 1.82) is 0 Å². The summed E-state index contributed by atoms with van der Waals surface area (Å²) in [6, 6.07) is 59.5. The van der Waals surface area contributed by atoms with Gasteiger partial charge in [-0.05, 0) is 71.8 Å². The van der Waals surface area contributed by atoms with Gasteiger partial charge in [0.05, 0.1) is 34.5 Å². The summed E-state index contributed by atoms with van der Waals surface area (Å²) in [6.07, 6.45) is 0. The van der Waals surface area contributed by atoms with E-state index in [2.05, 4.69) is 106 Å². The van der Waals surface area contributed by atoms with E-state index in [0.717, 1.165) is 60.7 Å². The molecule has 0 fully saturated rings. The maximum atomic E-state index is 8.82. The predicted octanol–water partition coefficient (Wildman–Crippen LogP) is 14.6. The van der Waals surface area contributed by atoms with Crippen LogP contribution in [-0.4, -0.2) is 24.1 Å². The molecule has 9 aromatic carbocycles. The molecule has 0 aliphatic carbocycles. The quantitative estimate of drug-likeness (QED) is 0.168. The first-order valence-electron chi connectivity index (χ1n) is 23.3. The summed E-state index contributed by atoms with van der Waals surface area (Å²) in [5, 5.41) is 5.97. The molecule has 0 saturated heterocycles. The van der Waals surface area contributed by atoms with Crippen molar-refractivity contribution < 1.29 is 11.3 Å². The lowest BCUT2D eigenvalue weighted by Gasteiger charge is -2.13. The van der Waals surface area contributed by atoms with Crippen LogP contribution in [0.15, 0.2) is 217 Å². The second-order valence-electron chi connectivity index (χ2n) is 15.6. The summed E-state index contributed by atoms with van der Waals surface area (Å²) in [6.45, 7) is 0. The molecule has 0 amide bonds. The monoisotopic (exact) mass is 810 g/mol. The number of hydrogen-bond donors (Lipinski definition) is 0. The van der Waals surface area contributed by atoms with Crippen molar-refractivity contribution in [3.63, 3.8) is 0 Å². The molecule has 0 spiro atoms. The van der Waals surface area contributed by atoms with Crippen molar-refractivity contribution in [3.05, 3.63) is 212 Å². The van der Waals surface area contributed by atoms with Gasteiger partial charge in [0.1, 0.15) is 11.2 Å². The molecule has 63 heavy (non-hydrogen) atoms. The molecule has 6 heteroatoms. The summed E-state index contributed by atoms with van der Waals surface area (Å²) < 4.78 is 54.1. The molecule has 0 saturated carbocycles. The van der Waals surface area contributed by atoms with Crippen molar-refractivity contribution >= 4 is 65.6 Å². The van der Waals surface area contributed by atoms with Gasteiger partial charge in [-0.25, -0.2) is 15.0 Å². The molecular weight excluding hydrogens is 771 g/mol. The van der Waals surface area contributed by atoms with Gasteiger partial charge in [-0.1, -0.05) is 152 Å². The van der Waals surface area contributed by atoms with Crippen molar-refractivity contribution in [2.75, 3.05) is 0 Å². The number of benzene rings is 9. The highest BCUT2D eigenvalue weighted by molar-refractivity contribution is 6.13. The van der Waals surface area contributed by atoms with E-state index < -0.39 is 18.1 Å². The van der Waals surface area contributed by atoms with Crippen LogP contribution in [0, 0.1) is 0 Å². The van der Waals surface area contributed by atoms with Gasteiger partial charge in [-0.2, -0.15) is 0 Å². The molecule has 0 bridgehead atoms. The Morgan fingerprint density at radius 3 is 1.54 bits per heavy atom. The van der Waals surface area contributed by atoms with Gasteiger partial charge < -0.3 is 13.6 Å². The fourth-order valence-electron chi connectivity index (χ4n) is 9.24. The number of para-hydroxylation sites is 4. The van der Waals surface area contributed by atoms with Crippen molar-refractivity contribution in [2.24, 2.45) is 0 Å². The SMILES string of the molecule is [2H]c1c([2H])c([2H])c(-c2ccc3oc4c(-c5nc(-c6ccccc6)nc(-c6cccc(-n7c8ccccc8c8ccccc87)c6)n5)cc(-n5c6ccccc6c6ccccc65)cc4c3c2)c([2H])c1[2H]. The van der Waals surface area contributed by atoms with E-state index in [1.807, 2.05) is 72.8 Å². The Morgan fingerprint density at radius 2 is 0.905 bits per heavy atom. The van der Waals surface area contributed by atoms with Crippen LogP contribution in [0.3, 0.4) is 0 Å². The minimum absolute atomic E-state index is 0.115. The molecule has 4 heterocycles. The highest BCUT2D eigenvalue weighted by atomic mass is 16.3. The molecule has 4 aromatic heterocycles. The molecule has 13 rings (SSSR count). The fraction of sp³-hybridized carbons (Fsp3) is 0. The Hall–Kier alpha value is -8.61. The van der Waals surface area contributed by atoms with Gasteiger partial charge in [0.25, 0.3) is 0 Å². The van der Waals surface area contributed by atoms with Gasteiger partial charge >= 0.3 is 0 Å². The Morgan fingerprint density at radius 1 is 0.365 bits per heavy atom. The molecule has 0 N–H and O–H groups in total. The van der Waals surface area contributed by atoms with E-state index in [4.69, 9.17) is 26.2 Å². The molecule has 0 radical (unpaired) electrons. The number of hydrogen-bond acceptors (Lipinski definition) is 4. The summed E-state index contributed by atoms with van der Waals surface area (Å²) in [4.78, 5) is 15.7. The summed E-state index contributed by atoms with van der Waals surface area (Å²) in [5.41, 5.74) is 9.90. The van der Waals surface area contributed by atoms with Crippen LogP contribution in [0.25, 0.3) is 122 Å². The molecule has 0 unspecified atom stereocenters. The lowest BCUT2D eigenvalue weighted by atomic mass is 10.0. The molecular formula is C57H35N5O. The van der Waals surface area contributed by atoms with Gasteiger partial charge in [0.15, 0.2) is 17.5 Å². The maximum Gasteiger partial charge on any atom is 0.167 e. The van der Waals surface area contributed by atoms with Crippen LogP contribution in [0.2, 0.25) is 0 Å². The summed E-state index contributed by atoms with van der Waals surface area (Å²) in [5.74, 6) is 1.36. The first-order chi connectivity index (χ1) is 33.3. The summed E-state index contributed by atoms with van der Waals surface area (Å²) >= 11 is 0. The minimum Gasteiger partial charge on any atom is -0.455 e. The standard InChI is InChI=1S/C57H35N5O/c1-3-16-36(17-4-1)38-30-31-53-46(33-38)47-34-41(62-51-28-13-9-24-44(51)45-25-10-14-29-52(45)62)35-48(54(47)63-53)57-59-55(37-18-5-2-6-19-37)58-56(60-57)39-20-15-21-40(32-39)61-49-26-11-7-22-42(49)43-23-8-12-27-50(43)61/h1-35H/i1D,3D,4D,16D,17D. The highest BCUT2D eigenvalue weighted by Gasteiger charge is 2.22. The van der Waals surface area contributed by atoms with Crippen LogP contribution in [0.4, 0.5) is 0 Å².